The van der Waals surface area contributed by atoms with Crippen molar-refractivity contribution in [2.24, 2.45) is 0 Å². The molecule has 1 aliphatic carbocycles. The molecule has 0 amide bonds. The second-order valence-corrected chi connectivity index (χ2v) is 5.68. The number of hydrogen-bond acceptors (Lipinski definition) is 2. The van der Waals surface area contributed by atoms with Crippen molar-refractivity contribution in [3.63, 3.8) is 0 Å². The fourth-order valence-corrected chi connectivity index (χ4v) is 3.44. The Balaban J connectivity index is 1.94. The van der Waals surface area contributed by atoms with Gasteiger partial charge in [0.2, 0.25) is 0 Å². The first-order chi connectivity index (χ1) is 7.81. The quantitative estimate of drug-likeness (QED) is 0.759. The third-order valence-electron chi connectivity index (χ3n) is 3.34. The maximum atomic E-state index is 3.78. The van der Waals surface area contributed by atoms with E-state index in [1.54, 1.807) is 10.4 Å². The smallest absolute Gasteiger partial charge is 0.0333 e. The lowest BCUT2D eigenvalue weighted by molar-refractivity contribution is 0.399. The first-order valence-corrected chi connectivity index (χ1v) is 7.12. The van der Waals surface area contributed by atoms with Crippen molar-refractivity contribution in [1.29, 1.82) is 0 Å². The molecule has 2 unspecified atom stereocenters. The number of aryl methyl sites for hydroxylation is 1. The van der Waals surface area contributed by atoms with Crippen LogP contribution in [0.3, 0.4) is 0 Å². The molecule has 0 aliphatic heterocycles. The molecule has 1 nitrogen and oxygen atoms in total. The molecule has 88 valence electrons. The normalized spacial score (nSPS) is 21.4. The molecule has 1 N–H and O–H groups in total. The number of nitrogens with one attached hydrogen (secondary N) is 1. The Morgan fingerprint density at radius 1 is 1.69 bits per heavy atom. The van der Waals surface area contributed by atoms with E-state index in [1.165, 1.54) is 25.7 Å². The molecular formula is C14H21NS. The zero-order valence-electron chi connectivity index (χ0n) is 10.0. The molecule has 1 aliphatic rings. The lowest BCUT2D eigenvalue weighted by Crippen LogP contribution is -2.32. The van der Waals surface area contributed by atoms with Crippen molar-refractivity contribution < 1.29 is 0 Å². The van der Waals surface area contributed by atoms with Crippen LogP contribution in [0.25, 0.3) is 0 Å². The Labute approximate surface area is 103 Å². The fraction of sp³-hybridized carbons (Fsp3) is 0.571. The summed E-state index contributed by atoms with van der Waals surface area (Å²) in [6.45, 7) is 6.06. The highest BCUT2D eigenvalue weighted by Gasteiger charge is 2.21. The highest BCUT2D eigenvalue weighted by molar-refractivity contribution is 7.10. The van der Waals surface area contributed by atoms with E-state index in [-0.39, 0.29) is 0 Å². The second-order valence-electron chi connectivity index (χ2n) is 4.68. The maximum absolute atomic E-state index is 3.78. The summed E-state index contributed by atoms with van der Waals surface area (Å²) in [5.41, 5.74) is 1.56. The highest BCUT2D eigenvalue weighted by Crippen LogP contribution is 2.33. The van der Waals surface area contributed by atoms with E-state index in [1.807, 2.05) is 17.4 Å². The summed E-state index contributed by atoms with van der Waals surface area (Å²) in [7, 11) is 0. The van der Waals surface area contributed by atoms with Gasteiger partial charge in [-0.2, -0.15) is 0 Å². The highest BCUT2D eigenvalue weighted by atomic mass is 32.1. The van der Waals surface area contributed by atoms with Gasteiger partial charge in [-0.25, -0.2) is 0 Å². The van der Waals surface area contributed by atoms with Crippen LogP contribution in [-0.2, 0) is 6.42 Å². The Morgan fingerprint density at radius 2 is 2.56 bits per heavy atom. The van der Waals surface area contributed by atoms with E-state index in [2.05, 4.69) is 30.3 Å². The van der Waals surface area contributed by atoms with Crippen molar-refractivity contribution in [3.05, 3.63) is 34.5 Å². The Morgan fingerprint density at radius 3 is 3.38 bits per heavy atom. The summed E-state index contributed by atoms with van der Waals surface area (Å²) in [5.74, 6) is 0. The van der Waals surface area contributed by atoms with E-state index >= 15 is 0 Å². The summed E-state index contributed by atoms with van der Waals surface area (Å²) >= 11 is 1.92. The van der Waals surface area contributed by atoms with Gasteiger partial charge in [-0.3, -0.25) is 0 Å². The van der Waals surface area contributed by atoms with Gasteiger partial charge >= 0.3 is 0 Å². The number of rotatable bonds is 5. The summed E-state index contributed by atoms with van der Waals surface area (Å²) in [6, 6.07) is 3.49. The van der Waals surface area contributed by atoms with Crippen LogP contribution < -0.4 is 5.32 Å². The van der Waals surface area contributed by atoms with Gasteiger partial charge in [0.25, 0.3) is 0 Å². The molecule has 0 saturated heterocycles. The van der Waals surface area contributed by atoms with Gasteiger partial charge in [-0.1, -0.05) is 6.08 Å². The van der Waals surface area contributed by atoms with Crippen LogP contribution in [0.15, 0.2) is 24.1 Å². The van der Waals surface area contributed by atoms with Crippen LogP contribution in [0.5, 0.6) is 0 Å². The predicted octanol–water partition coefficient (Wildman–Crippen LogP) is 4.07. The molecule has 0 radical (unpaired) electrons. The summed E-state index contributed by atoms with van der Waals surface area (Å²) in [6.07, 6.45) is 8.22. The minimum absolute atomic E-state index is 0.592. The standard InChI is InChI=1S/C14H21NS/c1-3-4-6-11(2)15-13-7-5-8-14-12(13)9-10-16-14/h3,9-11,13,15H,1,4-8H2,2H3. The van der Waals surface area contributed by atoms with Gasteiger partial charge in [0, 0.05) is 17.0 Å². The van der Waals surface area contributed by atoms with Gasteiger partial charge in [0.05, 0.1) is 0 Å². The molecule has 0 saturated carbocycles. The molecule has 0 fully saturated rings. The average molecular weight is 235 g/mol. The van der Waals surface area contributed by atoms with Crippen molar-refractivity contribution in [1.82, 2.24) is 5.32 Å². The van der Waals surface area contributed by atoms with Crippen molar-refractivity contribution in [2.45, 2.75) is 51.1 Å². The molecule has 2 rings (SSSR count). The van der Waals surface area contributed by atoms with Gasteiger partial charge in [0.1, 0.15) is 0 Å². The van der Waals surface area contributed by atoms with E-state index < -0.39 is 0 Å². The molecule has 0 spiro atoms. The van der Waals surface area contributed by atoms with Crippen molar-refractivity contribution >= 4 is 11.3 Å². The maximum Gasteiger partial charge on any atom is 0.0333 e. The van der Waals surface area contributed by atoms with Gasteiger partial charge < -0.3 is 5.32 Å². The zero-order valence-corrected chi connectivity index (χ0v) is 10.9. The number of thiophene rings is 1. The number of allylic oxidation sites excluding steroid dienone is 1. The molecular weight excluding hydrogens is 214 g/mol. The predicted molar refractivity (Wildman–Crippen MR) is 72.0 cm³/mol. The third kappa shape index (κ3) is 2.74. The second kappa shape index (κ2) is 5.65. The van der Waals surface area contributed by atoms with Crippen LogP contribution in [0.2, 0.25) is 0 Å². The van der Waals surface area contributed by atoms with E-state index in [0.29, 0.717) is 12.1 Å². The lowest BCUT2D eigenvalue weighted by atomic mass is 9.93. The molecule has 16 heavy (non-hydrogen) atoms. The molecule has 0 aromatic carbocycles. The molecule has 0 bridgehead atoms. The topological polar surface area (TPSA) is 12.0 Å². The molecule has 1 heterocycles. The lowest BCUT2D eigenvalue weighted by Gasteiger charge is -2.27. The van der Waals surface area contributed by atoms with Crippen molar-refractivity contribution in [2.75, 3.05) is 0 Å². The first kappa shape index (κ1) is 11.9. The van der Waals surface area contributed by atoms with E-state index in [0.717, 1.165) is 6.42 Å². The van der Waals surface area contributed by atoms with E-state index in [4.69, 9.17) is 0 Å². The Kier molecular flexibility index (Phi) is 4.19. The van der Waals surface area contributed by atoms with Crippen LogP contribution >= 0.6 is 11.3 Å². The van der Waals surface area contributed by atoms with Gasteiger partial charge in [-0.15, -0.1) is 17.9 Å². The molecule has 1 aromatic heterocycles. The zero-order chi connectivity index (χ0) is 11.4. The third-order valence-corrected chi connectivity index (χ3v) is 4.34. The SMILES string of the molecule is C=CCCC(C)NC1CCCc2sccc21. The summed E-state index contributed by atoms with van der Waals surface area (Å²) < 4.78 is 0. The number of hydrogen-bond donors (Lipinski definition) is 1. The number of fused-ring (bicyclic) bond motifs is 1. The Bertz CT molecular complexity index is 342. The molecule has 2 heteroatoms. The van der Waals surface area contributed by atoms with E-state index in [9.17, 15) is 0 Å². The minimum atomic E-state index is 0.592. The van der Waals surface area contributed by atoms with Crippen LogP contribution in [0.4, 0.5) is 0 Å². The summed E-state index contributed by atoms with van der Waals surface area (Å²) in [5, 5.41) is 5.99. The Hall–Kier alpha value is -0.600. The van der Waals surface area contributed by atoms with Crippen LogP contribution in [-0.4, -0.2) is 6.04 Å². The average Bonchev–Trinajstić information content (AvgIpc) is 2.75. The van der Waals surface area contributed by atoms with Crippen LogP contribution in [0, 0.1) is 0 Å². The van der Waals surface area contributed by atoms with Crippen LogP contribution in [0.1, 0.15) is 49.1 Å². The monoisotopic (exact) mass is 235 g/mol. The minimum Gasteiger partial charge on any atom is -0.307 e. The van der Waals surface area contributed by atoms with Gasteiger partial charge in [-0.05, 0) is 56.0 Å². The molecule has 1 aromatic rings. The van der Waals surface area contributed by atoms with Crippen molar-refractivity contribution in [3.8, 4) is 0 Å². The van der Waals surface area contributed by atoms with Gasteiger partial charge in [0.15, 0.2) is 0 Å². The first-order valence-electron chi connectivity index (χ1n) is 6.24. The largest absolute Gasteiger partial charge is 0.307 e. The molecule has 2 atom stereocenters. The summed E-state index contributed by atoms with van der Waals surface area (Å²) in [4.78, 5) is 1.60. The fourth-order valence-electron chi connectivity index (χ4n) is 2.45.